The summed E-state index contributed by atoms with van der Waals surface area (Å²) in [7, 11) is 0. The third-order valence-electron chi connectivity index (χ3n) is 2.39. The Bertz CT molecular complexity index is 634. The van der Waals surface area contributed by atoms with Crippen LogP contribution in [0.25, 0.3) is 22.1 Å². The van der Waals surface area contributed by atoms with E-state index >= 15 is 0 Å². The van der Waals surface area contributed by atoms with E-state index < -0.39 is 0 Å². The van der Waals surface area contributed by atoms with E-state index in [4.69, 9.17) is 8.83 Å². The van der Waals surface area contributed by atoms with Crippen molar-refractivity contribution in [3.63, 3.8) is 0 Å². The molecule has 4 heterocycles. The van der Waals surface area contributed by atoms with Crippen molar-refractivity contribution in [2.75, 3.05) is 0 Å². The van der Waals surface area contributed by atoms with Gasteiger partial charge in [0.15, 0.2) is 12.0 Å². The molecule has 0 N–H and O–H groups in total. The van der Waals surface area contributed by atoms with Gasteiger partial charge in [-0.1, -0.05) is 0 Å². The van der Waals surface area contributed by atoms with Crippen molar-refractivity contribution in [1.29, 1.82) is 0 Å². The van der Waals surface area contributed by atoms with Crippen molar-refractivity contribution < 1.29 is 8.83 Å². The zero-order chi connectivity index (χ0) is 12.2. The molecule has 4 rings (SSSR count). The van der Waals surface area contributed by atoms with E-state index in [9.17, 15) is 0 Å². The van der Waals surface area contributed by atoms with Gasteiger partial charge in [0, 0.05) is 30.0 Å². The van der Waals surface area contributed by atoms with E-state index in [0.717, 1.165) is 22.1 Å². The molecule has 0 aliphatic carbocycles. The van der Waals surface area contributed by atoms with Crippen LogP contribution < -0.4 is 0 Å². The number of hydrogen-bond donors (Lipinski definition) is 0. The molecule has 18 heavy (non-hydrogen) atoms. The predicted molar refractivity (Wildman–Crippen MR) is 65.8 cm³/mol. The minimum atomic E-state index is 0.782. The van der Waals surface area contributed by atoms with Gasteiger partial charge in [-0.15, -0.1) is 0 Å². The second kappa shape index (κ2) is 4.67. The largest absolute Gasteiger partial charge is 0.464 e. The lowest BCUT2D eigenvalue weighted by molar-refractivity contribution is 0.602. The number of furan rings is 1. The summed E-state index contributed by atoms with van der Waals surface area (Å²) in [6.45, 7) is 0. The van der Waals surface area contributed by atoms with Crippen molar-refractivity contribution in [1.82, 2.24) is 15.0 Å². The van der Waals surface area contributed by atoms with Crippen LogP contribution in [0.15, 0.2) is 64.5 Å². The Morgan fingerprint density at radius 1 is 0.833 bits per heavy atom. The first-order valence-corrected chi connectivity index (χ1v) is 5.34. The molecule has 0 aliphatic heterocycles. The molecular formula is C13H9N3O2. The quantitative estimate of drug-likeness (QED) is 0.472. The lowest BCUT2D eigenvalue weighted by Gasteiger charge is -1.80. The first kappa shape index (κ1) is 10.5. The van der Waals surface area contributed by atoms with E-state index in [0.29, 0.717) is 0 Å². The van der Waals surface area contributed by atoms with Gasteiger partial charge < -0.3 is 8.83 Å². The van der Waals surface area contributed by atoms with Crippen LogP contribution in [0.4, 0.5) is 0 Å². The molecule has 0 bridgehead atoms. The number of pyridine rings is 2. The summed E-state index contributed by atoms with van der Waals surface area (Å²) in [5.41, 5.74) is 2.48. The van der Waals surface area contributed by atoms with Gasteiger partial charge in [0.1, 0.15) is 11.1 Å². The molecule has 0 spiro atoms. The minimum Gasteiger partial charge on any atom is -0.464 e. The molecule has 5 heteroatoms. The Hall–Kier alpha value is -2.69. The summed E-state index contributed by atoms with van der Waals surface area (Å²) in [5, 5.41) is 1.05. The SMILES string of the molecule is c1cc2occc2cn1.c1cc2ocnc2cn1. The van der Waals surface area contributed by atoms with Crippen molar-refractivity contribution in [2.45, 2.75) is 0 Å². The van der Waals surface area contributed by atoms with Gasteiger partial charge in [0.05, 0.1) is 12.5 Å². The summed E-state index contributed by atoms with van der Waals surface area (Å²) < 4.78 is 10.0. The number of fused-ring (bicyclic) bond motifs is 2. The summed E-state index contributed by atoms with van der Waals surface area (Å²) in [4.78, 5) is 11.7. The maximum atomic E-state index is 5.08. The highest BCUT2D eigenvalue weighted by Gasteiger charge is 1.92. The molecule has 0 fully saturated rings. The molecule has 0 radical (unpaired) electrons. The molecule has 5 nitrogen and oxygen atoms in total. The van der Waals surface area contributed by atoms with Crippen LogP contribution in [0.3, 0.4) is 0 Å². The highest BCUT2D eigenvalue weighted by atomic mass is 16.3. The summed E-state index contributed by atoms with van der Waals surface area (Å²) in [6.07, 6.45) is 9.90. The van der Waals surface area contributed by atoms with Crippen LogP contribution in [0.1, 0.15) is 0 Å². The molecule has 0 aromatic carbocycles. The molecule has 4 aromatic heterocycles. The Morgan fingerprint density at radius 2 is 1.67 bits per heavy atom. The third kappa shape index (κ3) is 2.06. The first-order chi connectivity index (χ1) is 8.93. The summed E-state index contributed by atoms with van der Waals surface area (Å²) in [6, 6.07) is 5.51. The normalized spacial score (nSPS) is 10.2. The Morgan fingerprint density at radius 3 is 2.50 bits per heavy atom. The second-order valence-electron chi connectivity index (χ2n) is 3.53. The molecule has 0 saturated heterocycles. The predicted octanol–water partition coefficient (Wildman–Crippen LogP) is 3.05. The minimum absolute atomic E-state index is 0.782. The molecule has 88 valence electrons. The third-order valence-corrected chi connectivity index (χ3v) is 2.39. The summed E-state index contributed by atoms with van der Waals surface area (Å²) >= 11 is 0. The zero-order valence-corrected chi connectivity index (χ0v) is 9.35. The van der Waals surface area contributed by atoms with Crippen LogP contribution >= 0.6 is 0 Å². The van der Waals surface area contributed by atoms with Crippen LogP contribution in [0.2, 0.25) is 0 Å². The average Bonchev–Trinajstić information content (AvgIpc) is 3.08. The maximum Gasteiger partial charge on any atom is 0.182 e. The van der Waals surface area contributed by atoms with Crippen molar-refractivity contribution in [2.24, 2.45) is 0 Å². The highest BCUT2D eigenvalue weighted by molar-refractivity contribution is 5.75. The van der Waals surface area contributed by atoms with Gasteiger partial charge in [-0.05, 0) is 12.1 Å². The van der Waals surface area contributed by atoms with Gasteiger partial charge in [-0.3, -0.25) is 9.97 Å². The lowest BCUT2D eigenvalue weighted by Crippen LogP contribution is -1.68. The van der Waals surface area contributed by atoms with Gasteiger partial charge in [-0.2, -0.15) is 0 Å². The van der Waals surface area contributed by atoms with Crippen LogP contribution in [0, 0.1) is 0 Å². The molecular weight excluding hydrogens is 230 g/mol. The van der Waals surface area contributed by atoms with E-state index in [1.54, 1.807) is 37.1 Å². The Kier molecular flexibility index (Phi) is 2.71. The van der Waals surface area contributed by atoms with Gasteiger partial charge in [0.2, 0.25) is 0 Å². The number of aromatic nitrogens is 3. The molecule has 4 aromatic rings. The van der Waals surface area contributed by atoms with Gasteiger partial charge in [-0.25, -0.2) is 4.98 Å². The molecule has 0 aliphatic rings. The summed E-state index contributed by atoms with van der Waals surface area (Å²) in [5.74, 6) is 0. The number of oxazole rings is 1. The fraction of sp³-hybridized carbons (Fsp3) is 0. The van der Waals surface area contributed by atoms with Crippen molar-refractivity contribution in [3.05, 3.63) is 55.6 Å². The van der Waals surface area contributed by atoms with E-state index in [-0.39, 0.29) is 0 Å². The average molecular weight is 239 g/mol. The fourth-order valence-corrected chi connectivity index (χ4v) is 1.52. The van der Waals surface area contributed by atoms with Gasteiger partial charge >= 0.3 is 0 Å². The molecule has 0 amide bonds. The van der Waals surface area contributed by atoms with Crippen LogP contribution in [-0.4, -0.2) is 15.0 Å². The topological polar surface area (TPSA) is 65.0 Å². The van der Waals surface area contributed by atoms with Crippen molar-refractivity contribution in [3.8, 4) is 0 Å². The zero-order valence-electron chi connectivity index (χ0n) is 9.35. The fourth-order valence-electron chi connectivity index (χ4n) is 1.52. The first-order valence-electron chi connectivity index (χ1n) is 5.34. The number of hydrogen-bond acceptors (Lipinski definition) is 5. The van der Waals surface area contributed by atoms with E-state index in [2.05, 4.69) is 15.0 Å². The van der Waals surface area contributed by atoms with Gasteiger partial charge in [0.25, 0.3) is 0 Å². The van der Waals surface area contributed by atoms with Crippen molar-refractivity contribution >= 4 is 22.1 Å². The standard InChI is InChI=1S/C7H5NO.C6H4N2O/c1-3-8-5-6-2-4-9-7(1)6;1-2-7-3-5-6(1)9-4-8-5/h1-5H;1-4H. The number of nitrogens with zero attached hydrogens (tertiary/aromatic N) is 3. The Balaban J connectivity index is 0.000000111. The van der Waals surface area contributed by atoms with Crippen LogP contribution in [0.5, 0.6) is 0 Å². The second-order valence-corrected chi connectivity index (χ2v) is 3.53. The monoisotopic (exact) mass is 239 g/mol. The lowest BCUT2D eigenvalue weighted by atomic mass is 10.3. The van der Waals surface area contributed by atoms with E-state index in [1.165, 1.54) is 6.39 Å². The molecule has 0 unspecified atom stereocenters. The maximum absolute atomic E-state index is 5.08. The van der Waals surface area contributed by atoms with E-state index in [1.807, 2.05) is 12.1 Å². The molecule has 0 atom stereocenters. The molecule has 0 saturated carbocycles. The number of rotatable bonds is 0. The van der Waals surface area contributed by atoms with Crippen LogP contribution in [-0.2, 0) is 0 Å². The highest BCUT2D eigenvalue weighted by Crippen LogP contribution is 2.11. The smallest absolute Gasteiger partial charge is 0.182 e. The Labute approximate surface area is 102 Å².